The molecule has 1 aromatic heterocycles. The van der Waals surface area contributed by atoms with Crippen molar-refractivity contribution in [3.8, 4) is 0 Å². The molecule has 5 nitrogen and oxygen atoms in total. The molecular weight excluding hydrogens is 314 g/mol. The lowest BCUT2D eigenvalue weighted by atomic mass is 10.1. The van der Waals surface area contributed by atoms with Gasteiger partial charge in [0.2, 0.25) is 5.91 Å². The smallest absolute Gasteiger partial charge is 0.242 e. The molecule has 1 saturated carbocycles. The fourth-order valence-electron chi connectivity index (χ4n) is 4.13. The van der Waals surface area contributed by atoms with Crippen LogP contribution in [0, 0.1) is 5.92 Å². The van der Waals surface area contributed by atoms with E-state index in [0.717, 1.165) is 41.9 Å². The number of rotatable bonds is 4. The highest BCUT2D eigenvalue weighted by molar-refractivity contribution is 5.85. The topological polar surface area (TPSA) is 56.7 Å². The Balaban J connectivity index is 1.52. The highest BCUT2D eigenvalue weighted by Gasteiger charge is 2.28. The SMILES string of the molecule is O=C1CN(c2nc3ccccc3cc2CO)CCN1CC1CCCC1. The minimum Gasteiger partial charge on any atom is -0.392 e. The third-order valence-corrected chi connectivity index (χ3v) is 5.52. The second-order valence-electron chi connectivity index (χ2n) is 7.23. The minimum absolute atomic E-state index is 0.0658. The molecule has 0 spiro atoms. The van der Waals surface area contributed by atoms with E-state index < -0.39 is 0 Å². The van der Waals surface area contributed by atoms with Crippen LogP contribution in [0.25, 0.3) is 10.9 Å². The van der Waals surface area contributed by atoms with Crippen LogP contribution in [-0.4, -0.2) is 47.1 Å². The van der Waals surface area contributed by atoms with E-state index in [1.807, 2.05) is 40.1 Å². The maximum Gasteiger partial charge on any atom is 0.242 e. The summed E-state index contributed by atoms with van der Waals surface area (Å²) in [6.07, 6.45) is 5.13. The number of carbonyl (C=O) groups excluding carboxylic acids is 1. The quantitative estimate of drug-likeness (QED) is 0.930. The van der Waals surface area contributed by atoms with Crippen molar-refractivity contribution in [2.24, 2.45) is 5.92 Å². The Labute approximate surface area is 148 Å². The average molecular weight is 339 g/mol. The van der Waals surface area contributed by atoms with E-state index in [4.69, 9.17) is 4.98 Å². The number of benzene rings is 1. The van der Waals surface area contributed by atoms with Crippen LogP contribution < -0.4 is 4.90 Å². The van der Waals surface area contributed by atoms with E-state index in [2.05, 4.69) is 0 Å². The lowest BCUT2D eigenvalue weighted by Gasteiger charge is -2.37. The number of hydrogen-bond acceptors (Lipinski definition) is 4. The van der Waals surface area contributed by atoms with Crippen molar-refractivity contribution in [3.63, 3.8) is 0 Å². The normalized spacial score (nSPS) is 19.2. The average Bonchev–Trinajstić information content (AvgIpc) is 3.15. The van der Waals surface area contributed by atoms with Crippen LogP contribution in [0.4, 0.5) is 5.82 Å². The molecule has 1 saturated heterocycles. The maximum atomic E-state index is 12.6. The van der Waals surface area contributed by atoms with Gasteiger partial charge in [-0.25, -0.2) is 4.98 Å². The third-order valence-electron chi connectivity index (χ3n) is 5.52. The first-order valence-corrected chi connectivity index (χ1v) is 9.27. The van der Waals surface area contributed by atoms with Gasteiger partial charge in [0.05, 0.1) is 18.7 Å². The van der Waals surface area contributed by atoms with Gasteiger partial charge in [0, 0.05) is 30.6 Å². The van der Waals surface area contributed by atoms with Crippen molar-refractivity contribution in [2.45, 2.75) is 32.3 Å². The van der Waals surface area contributed by atoms with Crippen molar-refractivity contribution in [3.05, 3.63) is 35.9 Å². The fraction of sp³-hybridized carbons (Fsp3) is 0.500. The molecule has 0 bridgehead atoms. The summed E-state index contributed by atoms with van der Waals surface area (Å²) >= 11 is 0. The summed E-state index contributed by atoms with van der Waals surface area (Å²) in [5, 5.41) is 10.8. The molecule has 25 heavy (non-hydrogen) atoms. The molecule has 2 aliphatic rings. The zero-order chi connectivity index (χ0) is 17.2. The monoisotopic (exact) mass is 339 g/mol. The van der Waals surface area contributed by atoms with Crippen LogP contribution in [0.1, 0.15) is 31.2 Å². The van der Waals surface area contributed by atoms with Crippen LogP contribution in [0.15, 0.2) is 30.3 Å². The van der Waals surface area contributed by atoms with Gasteiger partial charge in [0.1, 0.15) is 5.82 Å². The molecule has 2 aromatic rings. The minimum atomic E-state index is -0.0658. The molecule has 0 unspecified atom stereocenters. The van der Waals surface area contributed by atoms with Crippen LogP contribution in [0.5, 0.6) is 0 Å². The lowest BCUT2D eigenvalue weighted by Crippen LogP contribution is -2.52. The number of aliphatic hydroxyl groups excluding tert-OH is 1. The molecule has 4 rings (SSSR count). The van der Waals surface area contributed by atoms with E-state index in [1.54, 1.807) is 0 Å². The van der Waals surface area contributed by atoms with Gasteiger partial charge in [-0.15, -0.1) is 0 Å². The first-order valence-electron chi connectivity index (χ1n) is 9.27. The summed E-state index contributed by atoms with van der Waals surface area (Å²) in [5.41, 5.74) is 1.69. The number of para-hydroxylation sites is 1. The van der Waals surface area contributed by atoms with E-state index in [1.165, 1.54) is 25.7 Å². The number of fused-ring (bicyclic) bond motifs is 1. The Morgan fingerprint density at radius 1 is 1.16 bits per heavy atom. The van der Waals surface area contributed by atoms with Gasteiger partial charge in [-0.05, 0) is 30.9 Å². The first-order chi connectivity index (χ1) is 12.2. The number of amides is 1. The molecule has 0 radical (unpaired) electrons. The summed E-state index contributed by atoms with van der Waals surface area (Å²) in [6, 6.07) is 9.87. The van der Waals surface area contributed by atoms with Crippen molar-refractivity contribution in [1.82, 2.24) is 9.88 Å². The van der Waals surface area contributed by atoms with E-state index >= 15 is 0 Å². The van der Waals surface area contributed by atoms with E-state index in [9.17, 15) is 9.90 Å². The van der Waals surface area contributed by atoms with Gasteiger partial charge in [-0.2, -0.15) is 0 Å². The Morgan fingerprint density at radius 2 is 1.96 bits per heavy atom. The molecule has 1 amide bonds. The zero-order valence-electron chi connectivity index (χ0n) is 14.5. The number of hydrogen-bond donors (Lipinski definition) is 1. The molecule has 0 atom stereocenters. The van der Waals surface area contributed by atoms with E-state index in [-0.39, 0.29) is 12.5 Å². The van der Waals surface area contributed by atoms with Gasteiger partial charge >= 0.3 is 0 Å². The number of aliphatic hydroxyl groups is 1. The van der Waals surface area contributed by atoms with E-state index in [0.29, 0.717) is 12.5 Å². The molecule has 1 N–H and O–H groups in total. The molecule has 132 valence electrons. The first kappa shape index (κ1) is 16.3. The fourth-order valence-corrected chi connectivity index (χ4v) is 4.13. The Kier molecular flexibility index (Phi) is 4.57. The van der Waals surface area contributed by atoms with Gasteiger partial charge in [-0.1, -0.05) is 31.0 Å². The van der Waals surface area contributed by atoms with Gasteiger partial charge in [0.15, 0.2) is 0 Å². The van der Waals surface area contributed by atoms with Crippen LogP contribution in [-0.2, 0) is 11.4 Å². The third kappa shape index (κ3) is 3.33. The van der Waals surface area contributed by atoms with Gasteiger partial charge in [-0.3, -0.25) is 4.79 Å². The number of nitrogens with zero attached hydrogens (tertiary/aromatic N) is 3. The standard InChI is InChI=1S/C20H25N3O2/c24-14-17-11-16-7-3-4-8-18(16)21-20(17)23-10-9-22(19(25)13-23)12-15-5-1-2-6-15/h3-4,7-8,11,15,24H,1-2,5-6,9-10,12-14H2. The molecule has 1 aliphatic heterocycles. The zero-order valence-corrected chi connectivity index (χ0v) is 14.5. The molecular formula is C20H25N3O2. The van der Waals surface area contributed by atoms with Crippen LogP contribution in [0.2, 0.25) is 0 Å². The molecule has 2 heterocycles. The number of carbonyl (C=O) groups is 1. The predicted molar refractivity (Wildman–Crippen MR) is 98.4 cm³/mol. The molecule has 1 aliphatic carbocycles. The second kappa shape index (κ2) is 7.00. The van der Waals surface area contributed by atoms with Gasteiger partial charge in [0.25, 0.3) is 0 Å². The number of piperazine rings is 1. The summed E-state index contributed by atoms with van der Waals surface area (Å²) in [5.74, 6) is 1.61. The van der Waals surface area contributed by atoms with Gasteiger partial charge < -0.3 is 14.9 Å². The number of aromatic nitrogens is 1. The second-order valence-corrected chi connectivity index (χ2v) is 7.23. The van der Waals surface area contributed by atoms with Crippen LogP contribution in [0.3, 0.4) is 0 Å². The molecule has 5 heteroatoms. The van der Waals surface area contributed by atoms with Crippen molar-refractivity contribution >= 4 is 22.6 Å². The lowest BCUT2D eigenvalue weighted by molar-refractivity contribution is -0.131. The number of pyridine rings is 1. The largest absolute Gasteiger partial charge is 0.392 e. The highest BCUT2D eigenvalue weighted by atomic mass is 16.3. The summed E-state index contributed by atoms with van der Waals surface area (Å²) < 4.78 is 0. The predicted octanol–water partition coefficient (Wildman–Crippen LogP) is 2.57. The summed E-state index contributed by atoms with van der Waals surface area (Å²) in [7, 11) is 0. The van der Waals surface area contributed by atoms with Crippen molar-refractivity contribution in [2.75, 3.05) is 31.1 Å². The summed E-state index contributed by atoms with van der Waals surface area (Å²) in [4.78, 5) is 21.4. The Hall–Kier alpha value is -2.14. The summed E-state index contributed by atoms with van der Waals surface area (Å²) in [6.45, 7) is 2.71. The van der Waals surface area contributed by atoms with Crippen molar-refractivity contribution in [1.29, 1.82) is 0 Å². The molecule has 1 aromatic carbocycles. The van der Waals surface area contributed by atoms with Crippen molar-refractivity contribution < 1.29 is 9.90 Å². The molecule has 2 fully saturated rings. The highest BCUT2D eigenvalue weighted by Crippen LogP contribution is 2.28. The van der Waals surface area contributed by atoms with Crippen LogP contribution >= 0.6 is 0 Å². The Bertz CT molecular complexity index is 771. The Morgan fingerprint density at radius 3 is 2.72 bits per heavy atom. The maximum absolute atomic E-state index is 12.6. The number of anilines is 1.